The summed E-state index contributed by atoms with van der Waals surface area (Å²) < 4.78 is 20.8. The van der Waals surface area contributed by atoms with E-state index in [0.717, 1.165) is 22.8 Å². The van der Waals surface area contributed by atoms with Gasteiger partial charge in [-0.25, -0.2) is 18.5 Å². The number of hydrogen-bond acceptors (Lipinski definition) is 5. The van der Waals surface area contributed by atoms with Crippen molar-refractivity contribution in [1.29, 1.82) is 5.26 Å². The van der Waals surface area contributed by atoms with E-state index in [1.807, 2.05) is 0 Å². The molecule has 0 aliphatic heterocycles. The minimum atomic E-state index is -1.01. The number of terminal acetylenes is 1. The number of nitriles is 1. The number of esters is 1. The maximum absolute atomic E-state index is 14.4. The zero-order valence-corrected chi connectivity index (χ0v) is 13.4. The van der Waals surface area contributed by atoms with Gasteiger partial charge >= 0.3 is 11.7 Å². The van der Waals surface area contributed by atoms with E-state index >= 15 is 0 Å². The molecular formula is C17H12FN3O4. The molecule has 2 aromatic rings. The fourth-order valence-electron chi connectivity index (χ4n) is 2.14. The molecule has 2 rings (SSSR count). The van der Waals surface area contributed by atoms with Gasteiger partial charge in [-0.15, -0.1) is 6.42 Å². The highest BCUT2D eigenvalue weighted by Crippen LogP contribution is 2.18. The summed E-state index contributed by atoms with van der Waals surface area (Å²) in [5.74, 6) is 0.115. The first-order chi connectivity index (χ1) is 11.8. The van der Waals surface area contributed by atoms with Crippen molar-refractivity contribution in [3.8, 4) is 24.1 Å². The first-order valence-corrected chi connectivity index (χ1v) is 6.96. The number of carbonyl (C=O) groups is 1. The van der Waals surface area contributed by atoms with Crippen molar-refractivity contribution in [2.75, 3.05) is 6.61 Å². The minimum Gasteiger partial charge on any atom is -0.449 e. The van der Waals surface area contributed by atoms with E-state index < -0.39 is 28.7 Å². The lowest BCUT2D eigenvalue weighted by Crippen LogP contribution is -2.38. The molecule has 0 unspecified atom stereocenters. The van der Waals surface area contributed by atoms with E-state index in [9.17, 15) is 18.8 Å². The van der Waals surface area contributed by atoms with E-state index in [1.54, 1.807) is 13.0 Å². The van der Waals surface area contributed by atoms with Gasteiger partial charge in [0.25, 0.3) is 5.56 Å². The average Bonchev–Trinajstić information content (AvgIpc) is 2.58. The summed E-state index contributed by atoms with van der Waals surface area (Å²) in [6.45, 7) is 1.20. The van der Waals surface area contributed by atoms with E-state index in [-0.39, 0.29) is 17.7 Å². The second-order valence-electron chi connectivity index (χ2n) is 5.04. The fourth-order valence-corrected chi connectivity index (χ4v) is 2.14. The summed E-state index contributed by atoms with van der Waals surface area (Å²) >= 11 is 0. The van der Waals surface area contributed by atoms with E-state index in [0.29, 0.717) is 10.3 Å². The normalized spacial score (nSPS) is 9.96. The summed E-state index contributed by atoms with van der Waals surface area (Å²) in [6.07, 6.45) is 5.00. The Kier molecular flexibility index (Phi) is 4.85. The van der Waals surface area contributed by atoms with Crippen LogP contribution in [0.4, 0.5) is 4.39 Å². The number of rotatable bonds is 3. The monoisotopic (exact) mass is 341 g/mol. The molecule has 0 amide bonds. The molecule has 0 saturated carbocycles. The van der Waals surface area contributed by atoms with Crippen LogP contribution < -0.4 is 11.2 Å². The van der Waals surface area contributed by atoms with Crippen molar-refractivity contribution in [3.05, 3.63) is 61.7 Å². The Labute approximate surface area is 141 Å². The van der Waals surface area contributed by atoms with Crippen molar-refractivity contribution in [2.24, 2.45) is 7.05 Å². The number of ether oxygens (including phenoxy) is 1. The Morgan fingerprint density at radius 3 is 2.64 bits per heavy atom. The van der Waals surface area contributed by atoms with Gasteiger partial charge in [0.15, 0.2) is 6.61 Å². The third kappa shape index (κ3) is 3.19. The molecule has 1 aromatic carbocycles. The zero-order chi connectivity index (χ0) is 18.7. The molecule has 0 fully saturated rings. The topological polar surface area (TPSA) is 94.1 Å². The maximum atomic E-state index is 14.4. The third-order valence-electron chi connectivity index (χ3n) is 3.51. The Morgan fingerprint density at radius 1 is 1.36 bits per heavy atom. The molecule has 1 aromatic heterocycles. The van der Waals surface area contributed by atoms with Gasteiger partial charge in [0.05, 0.1) is 16.8 Å². The summed E-state index contributed by atoms with van der Waals surface area (Å²) in [7, 11) is 1.41. The average molecular weight is 341 g/mol. The number of benzene rings is 1. The smallest absolute Gasteiger partial charge is 0.340 e. The van der Waals surface area contributed by atoms with Gasteiger partial charge in [-0.05, 0) is 19.1 Å². The quantitative estimate of drug-likeness (QED) is 0.603. The molecule has 7 nitrogen and oxygen atoms in total. The number of carbonyl (C=O) groups excluding carboxylic acids is 1. The second-order valence-corrected chi connectivity index (χ2v) is 5.04. The molecule has 0 aliphatic rings. The molecule has 25 heavy (non-hydrogen) atoms. The van der Waals surface area contributed by atoms with Gasteiger partial charge in [0.1, 0.15) is 11.9 Å². The summed E-state index contributed by atoms with van der Waals surface area (Å²) in [4.78, 5) is 36.5. The van der Waals surface area contributed by atoms with Crippen molar-refractivity contribution in [3.63, 3.8) is 0 Å². The van der Waals surface area contributed by atoms with Gasteiger partial charge in [0, 0.05) is 18.8 Å². The molecule has 0 bridgehead atoms. The Morgan fingerprint density at radius 2 is 2.04 bits per heavy atom. The van der Waals surface area contributed by atoms with E-state index in [1.165, 1.54) is 7.05 Å². The van der Waals surface area contributed by atoms with Gasteiger partial charge in [-0.2, -0.15) is 5.26 Å². The third-order valence-corrected chi connectivity index (χ3v) is 3.51. The molecule has 0 atom stereocenters. The van der Waals surface area contributed by atoms with Gasteiger partial charge in [0.2, 0.25) is 0 Å². The highest BCUT2D eigenvalue weighted by atomic mass is 19.1. The Hall–Kier alpha value is -3.65. The minimum absolute atomic E-state index is 0.302. The lowest BCUT2D eigenvalue weighted by molar-refractivity contribution is 0.0556. The molecule has 0 N–H and O–H groups in total. The lowest BCUT2D eigenvalue weighted by Gasteiger charge is -2.12. The summed E-state index contributed by atoms with van der Waals surface area (Å²) in [6, 6.07) is 4.49. The fraction of sp³-hybridized carbons (Fsp3) is 0.176. The summed E-state index contributed by atoms with van der Waals surface area (Å²) in [5.41, 5.74) is -2.25. The van der Waals surface area contributed by atoms with Crippen LogP contribution in [0.2, 0.25) is 0 Å². The van der Waals surface area contributed by atoms with Gasteiger partial charge in [-0.3, -0.25) is 4.79 Å². The number of hydrogen-bond donors (Lipinski definition) is 0. The van der Waals surface area contributed by atoms with Crippen LogP contribution in [0.15, 0.2) is 27.8 Å². The predicted octanol–water partition coefficient (Wildman–Crippen LogP) is 0.645. The van der Waals surface area contributed by atoms with Crippen LogP contribution in [-0.2, 0) is 11.8 Å². The van der Waals surface area contributed by atoms with Crippen molar-refractivity contribution >= 4 is 5.97 Å². The van der Waals surface area contributed by atoms with Crippen LogP contribution in [0.1, 0.15) is 21.6 Å². The molecule has 0 aliphatic carbocycles. The molecule has 0 saturated heterocycles. The van der Waals surface area contributed by atoms with Crippen molar-refractivity contribution in [1.82, 2.24) is 9.13 Å². The molecule has 8 heteroatoms. The molecule has 1 heterocycles. The number of aryl methyl sites for hydroxylation is 1. The van der Waals surface area contributed by atoms with Crippen LogP contribution in [0.25, 0.3) is 5.69 Å². The lowest BCUT2D eigenvalue weighted by atomic mass is 10.1. The molecule has 0 radical (unpaired) electrons. The number of nitrogens with zero attached hydrogens (tertiary/aromatic N) is 3. The standard InChI is InChI=1S/C17H12FN3O4/c1-4-5-25-16(23)12-8-14(13(18)7-11(12)9-19)21-15(22)6-10(2)20(3)17(21)24/h1,6-8H,5H2,2-3H3. The maximum Gasteiger partial charge on any atom is 0.340 e. The van der Waals surface area contributed by atoms with Crippen LogP contribution in [0.5, 0.6) is 0 Å². The molecule has 0 spiro atoms. The van der Waals surface area contributed by atoms with Gasteiger partial charge in [-0.1, -0.05) is 5.92 Å². The van der Waals surface area contributed by atoms with Crippen LogP contribution >= 0.6 is 0 Å². The van der Waals surface area contributed by atoms with Crippen molar-refractivity contribution < 1.29 is 13.9 Å². The van der Waals surface area contributed by atoms with Crippen LogP contribution in [-0.4, -0.2) is 21.7 Å². The molecule has 126 valence electrons. The number of halogens is 1. The van der Waals surface area contributed by atoms with Gasteiger partial charge < -0.3 is 9.30 Å². The summed E-state index contributed by atoms with van der Waals surface area (Å²) in [5, 5.41) is 9.07. The SMILES string of the molecule is C#CCOC(=O)c1cc(-n2c(=O)cc(C)n(C)c2=O)c(F)cc1C#N. The van der Waals surface area contributed by atoms with Crippen LogP contribution in [0.3, 0.4) is 0 Å². The second kappa shape index (κ2) is 6.85. The van der Waals surface area contributed by atoms with E-state index in [4.69, 9.17) is 16.4 Å². The largest absolute Gasteiger partial charge is 0.449 e. The van der Waals surface area contributed by atoms with Crippen LogP contribution in [0, 0.1) is 36.4 Å². The molecular weight excluding hydrogens is 329 g/mol. The van der Waals surface area contributed by atoms with Crippen molar-refractivity contribution in [2.45, 2.75) is 6.92 Å². The van der Waals surface area contributed by atoms with E-state index in [2.05, 4.69) is 5.92 Å². The predicted molar refractivity (Wildman–Crippen MR) is 85.8 cm³/mol. The zero-order valence-electron chi connectivity index (χ0n) is 13.4. The highest BCUT2D eigenvalue weighted by molar-refractivity contribution is 5.93. The highest BCUT2D eigenvalue weighted by Gasteiger charge is 2.20. The Balaban J connectivity index is 2.78. The number of aromatic nitrogens is 2. The first-order valence-electron chi connectivity index (χ1n) is 6.96. The Bertz CT molecular complexity index is 1070. The first kappa shape index (κ1) is 17.7.